The van der Waals surface area contributed by atoms with Crippen LogP contribution in [-0.4, -0.2) is 167 Å². The Morgan fingerprint density at radius 2 is 0.738 bits per heavy atom. The topological polar surface area (TPSA) is 150 Å². The summed E-state index contributed by atoms with van der Waals surface area (Å²) in [5, 5.41) is 3.31. The van der Waals surface area contributed by atoms with Crippen LogP contribution in [0.3, 0.4) is 0 Å². The van der Waals surface area contributed by atoms with E-state index in [1.165, 1.54) is 47.6 Å². The lowest BCUT2D eigenvalue weighted by Gasteiger charge is -2.39. The van der Waals surface area contributed by atoms with Gasteiger partial charge in [-0.3, -0.25) is 19.3 Å². The number of esters is 2. The maximum absolute atomic E-state index is 13.2. The van der Waals surface area contributed by atoms with Gasteiger partial charge in [0, 0.05) is 24.8 Å². The molecule has 0 fully saturated rings. The first-order chi connectivity index (χ1) is 41.4. The Bertz CT molecular complexity index is 2450. The first-order valence-electron chi connectivity index (χ1n) is 29.2. The molecular formula is C68H86N2O12S2. The Morgan fingerprint density at radius 1 is 0.417 bits per heavy atom. The summed E-state index contributed by atoms with van der Waals surface area (Å²) in [5.74, 6) is 0.0618. The highest BCUT2D eigenvalue weighted by atomic mass is 32.2. The fraction of sp³-hybridized carbons (Fsp3) is 0.426. The molecule has 6 aromatic carbocycles. The van der Waals surface area contributed by atoms with Crippen LogP contribution in [0, 0.1) is 0 Å². The molecule has 0 radical (unpaired) electrons. The zero-order valence-electron chi connectivity index (χ0n) is 49.0. The van der Waals surface area contributed by atoms with Gasteiger partial charge in [0.2, 0.25) is 5.91 Å². The van der Waals surface area contributed by atoms with E-state index in [2.05, 4.69) is 209 Å². The molecule has 14 nitrogen and oxygen atoms in total. The van der Waals surface area contributed by atoms with Crippen molar-refractivity contribution in [2.24, 2.45) is 0 Å². The first kappa shape index (κ1) is 67.2. The van der Waals surface area contributed by atoms with Crippen molar-refractivity contribution >= 4 is 41.4 Å². The van der Waals surface area contributed by atoms with Gasteiger partial charge < -0.3 is 47.9 Å². The summed E-state index contributed by atoms with van der Waals surface area (Å²) in [6, 6.07) is 65.7. The summed E-state index contributed by atoms with van der Waals surface area (Å²) < 4.78 is 47.7. The van der Waals surface area contributed by atoms with Gasteiger partial charge in [-0.25, -0.2) is 0 Å². The van der Waals surface area contributed by atoms with Gasteiger partial charge in [-0.05, 0) is 58.4 Å². The van der Waals surface area contributed by atoms with E-state index in [-0.39, 0.29) is 24.2 Å². The molecule has 1 atom stereocenters. The van der Waals surface area contributed by atoms with Crippen LogP contribution in [-0.2, 0) is 66.5 Å². The molecule has 6 rings (SSSR count). The smallest absolute Gasteiger partial charge is 0.319 e. The second-order valence-electron chi connectivity index (χ2n) is 19.7. The molecule has 16 heteroatoms. The summed E-state index contributed by atoms with van der Waals surface area (Å²) in [6.45, 7) is 6.59. The molecule has 1 N–H and O–H groups in total. The van der Waals surface area contributed by atoms with Gasteiger partial charge in [0.25, 0.3) is 0 Å². The van der Waals surface area contributed by atoms with Gasteiger partial charge in [0.15, 0.2) is 0 Å². The molecular weight excluding hydrogens is 1100 g/mol. The lowest BCUT2D eigenvalue weighted by atomic mass is 9.84. The van der Waals surface area contributed by atoms with Crippen molar-refractivity contribution in [3.8, 4) is 0 Å². The fourth-order valence-electron chi connectivity index (χ4n) is 9.68. The number of hydrogen-bond donors (Lipinski definition) is 1. The van der Waals surface area contributed by atoms with Crippen LogP contribution in [0.5, 0.6) is 0 Å². The third-order valence-electron chi connectivity index (χ3n) is 13.9. The monoisotopic (exact) mass is 1190 g/mol. The van der Waals surface area contributed by atoms with E-state index in [4.69, 9.17) is 33.2 Å². The Morgan fingerprint density at radius 3 is 1.08 bits per heavy atom. The molecule has 84 heavy (non-hydrogen) atoms. The summed E-state index contributed by atoms with van der Waals surface area (Å²) in [4.78, 5) is 37.9. The highest BCUT2D eigenvalue weighted by molar-refractivity contribution is 8.01. The summed E-state index contributed by atoms with van der Waals surface area (Å²) in [6.07, 6.45) is 4.06. The Hall–Kier alpha value is -5.89. The molecule has 0 aliphatic carbocycles. The zero-order chi connectivity index (χ0) is 59.0. The molecule has 0 aromatic heterocycles. The van der Waals surface area contributed by atoms with E-state index in [0.717, 1.165) is 31.4 Å². The largest absolute Gasteiger partial charge is 0.468 e. The van der Waals surface area contributed by atoms with Gasteiger partial charge in [-0.2, -0.15) is 0 Å². The van der Waals surface area contributed by atoms with Crippen molar-refractivity contribution < 1.29 is 57.0 Å². The number of ether oxygens (including phenoxy) is 9. The molecule has 0 aliphatic heterocycles. The van der Waals surface area contributed by atoms with Crippen molar-refractivity contribution in [2.45, 2.75) is 46.8 Å². The van der Waals surface area contributed by atoms with Gasteiger partial charge >= 0.3 is 11.9 Å². The summed E-state index contributed by atoms with van der Waals surface area (Å²) in [7, 11) is 2.59. The number of rotatable bonds is 45. The molecule has 0 heterocycles. The van der Waals surface area contributed by atoms with E-state index >= 15 is 0 Å². The fourth-order valence-corrected chi connectivity index (χ4v) is 13.3. The maximum atomic E-state index is 13.2. The molecule has 0 saturated heterocycles. The lowest BCUT2D eigenvalue weighted by Crippen LogP contribution is -2.38. The molecule has 452 valence electrons. The minimum Gasteiger partial charge on any atom is -0.468 e. The van der Waals surface area contributed by atoms with Crippen molar-refractivity contribution in [1.82, 2.24) is 10.2 Å². The number of hydrogen-bond acceptors (Lipinski definition) is 15. The summed E-state index contributed by atoms with van der Waals surface area (Å²) in [5.41, 5.74) is 7.51. The SMILES string of the molecule is COC(=O)CN(CCOCCOCCOCCOCCOCCOCCOCCNC(=O)CCCCC(CCSC(c1ccccc1)(c1ccccc1)c1ccccc1)SC(c1ccccc1)(c1ccccc1)c1ccccc1)CC(=O)OC. The molecule has 0 saturated carbocycles. The maximum Gasteiger partial charge on any atom is 0.319 e. The molecule has 0 aliphatic rings. The van der Waals surface area contributed by atoms with Crippen molar-refractivity contribution in [3.05, 3.63) is 215 Å². The Kier molecular flexibility index (Phi) is 32.4. The van der Waals surface area contributed by atoms with Crippen LogP contribution in [0.2, 0.25) is 0 Å². The van der Waals surface area contributed by atoms with E-state index in [1.807, 2.05) is 11.8 Å². The third-order valence-corrected chi connectivity index (χ3v) is 17.3. The van der Waals surface area contributed by atoms with E-state index in [9.17, 15) is 14.4 Å². The minimum atomic E-state index is -0.476. The number of carbonyl (C=O) groups is 3. The quantitative estimate of drug-likeness (QED) is 0.0219. The van der Waals surface area contributed by atoms with Crippen LogP contribution in [0.1, 0.15) is 65.5 Å². The van der Waals surface area contributed by atoms with Crippen LogP contribution < -0.4 is 5.32 Å². The standard InChI is InChI=1S/C68H86N2O12S2/c1-74-65(72)55-70(56-66(73)75-2)39-41-77-43-45-79-47-49-81-51-53-82-52-50-80-48-46-78-44-42-76-40-38-69-64(71)36-22-21-35-63(84-68(60-29-15-6-16-30-60,61-31-17-7-18-32-61)62-33-19-8-20-34-62)37-54-83-67(57-23-9-3-10-24-57,58-25-11-4-12-26-58)59-27-13-5-14-28-59/h3-20,23-34,63H,21-22,35-56H2,1-2H3,(H,69,71). The Balaban J connectivity index is 0.873. The third kappa shape index (κ3) is 23.2. The van der Waals surface area contributed by atoms with Gasteiger partial charge in [0.1, 0.15) is 0 Å². The van der Waals surface area contributed by atoms with Gasteiger partial charge in [-0.15, -0.1) is 23.5 Å². The number of amides is 1. The normalized spacial score (nSPS) is 12.0. The average Bonchev–Trinajstić information content (AvgIpc) is 1.87. The van der Waals surface area contributed by atoms with Crippen LogP contribution >= 0.6 is 23.5 Å². The minimum absolute atomic E-state index is 0.0293. The number of nitrogens with one attached hydrogen (secondary N) is 1. The molecule has 6 aromatic rings. The zero-order valence-corrected chi connectivity index (χ0v) is 50.7. The second kappa shape index (κ2) is 40.4. The number of benzene rings is 6. The Labute approximate surface area is 506 Å². The van der Waals surface area contributed by atoms with Crippen molar-refractivity contribution in [1.29, 1.82) is 0 Å². The van der Waals surface area contributed by atoms with E-state index < -0.39 is 21.4 Å². The average molecular weight is 1190 g/mol. The predicted octanol–water partition coefficient (Wildman–Crippen LogP) is 10.6. The molecule has 1 unspecified atom stereocenters. The number of carbonyl (C=O) groups excluding carboxylic acids is 3. The van der Waals surface area contributed by atoms with Gasteiger partial charge in [0.05, 0.1) is 129 Å². The lowest BCUT2D eigenvalue weighted by molar-refractivity contribution is -0.146. The van der Waals surface area contributed by atoms with Crippen LogP contribution in [0.15, 0.2) is 182 Å². The van der Waals surface area contributed by atoms with Gasteiger partial charge in [-0.1, -0.05) is 188 Å². The molecule has 0 spiro atoms. The van der Waals surface area contributed by atoms with Crippen LogP contribution in [0.25, 0.3) is 0 Å². The summed E-state index contributed by atoms with van der Waals surface area (Å²) >= 11 is 4.07. The number of thioether (sulfide) groups is 2. The van der Waals surface area contributed by atoms with Crippen molar-refractivity contribution in [3.63, 3.8) is 0 Å². The first-order valence-corrected chi connectivity index (χ1v) is 31.1. The number of methoxy groups -OCH3 is 2. The molecule has 1 amide bonds. The van der Waals surface area contributed by atoms with E-state index in [1.54, 1.807) is 4.90 Å². The predicted molar refractivity (Wildman–Crippen MR) is 335 cm³/mol. The van der Waals surface area contributed by atoms with Crippen molar-refractivity contribution in [2.75, 3.05) is 139 Å². The highest BCUT2D eigenvalue weighted by Crippen LogP contribution is 2.53. The van der Waals surface area contributed by atoms with E-state index in [0.29, 0.717) is 112 Å². The molecule has 0 bridgehead atoms. The van der Waals surface area contributed by atoms with Crippen LogP contribution in [0.4, 0.5) is 0 Å². The second-order valence-corrected chi connectivity index (χ2v) is 22.5. The number of unbranched alkanes of at least 4 members (excludes halogenated alkanes) is 1. The number of nitrogens with zero attached hydrogens (tertiary/aromatic N) is 1. The highest BCUT2D eigenvalue weighted by Gasteiger charge is 2.41.